The molecule has 1 aliphatic heterocycles. The number of nitrogens with zero attached hydrogens (tertiary/aromatic N) is 4. The molecule has 2 N–H and O–H groups in total. The zero-order valence-electron chi connectivity index (χ0n) is 13.9. The van der Waals surface area contributed by atoms with Crippen molar-refractivity contribution in [1.29, 1.82) is 0 Å². The number of pyridine rings is 1. The zero-order valence-corrected chi connectivity index (χ0v) is 13.9. The number of hydrogen-bond donors (Lipinski definition) is 2. The summed E-state index contributed by atoms with van der Waals surface area (Å²) in [6.45, 7) is 5.30. The van der Waals surface area contributed by atoms with Crippen molar-refractivity contribution in [3.63, 3.8) is 0 Å². The molecular weight excluding hydrogens is 300 g/mol. The molecule has 0 amide bonds. The molecule has 4 rings (SSSR count). The van der Waals surface area contributed by atoms with Gasteiger partial charge in [-0.3, -0.25) is 0 Å². The van der Waals surface area contributed by atoms with Crippen molar-refractivity contribution < 1.29 is 0 Å². The van der Waals surface area contributed by atoms with Gasteiger partial charge >= 0.3 is 0 Å². The Kier molecular flexibility index (Phi) is 4.13. The van der Waals surface area contributed by atoms with E-state index in [0.29, 0.717) is 6.04 Å². The topological polar surface area (TPSA) is 69.7 Å². The Hall–Kier alpha value is -2.47. The summed E-state index contributed by atoms with van der Waals surface area (Å²) in [5.74, 6) is 0. The summed E-state index contributed by atoms with van der Waals surface area (Å²) >= 11 is 0. The van der Waals surface area contributed by atoms with Gasteiger partial charge in [0.25, 0.3) is 0 Å². The summed E-state index contributed by atoms with van der Waals surface area (Å²) in [5.41, 5.74) is 4.28. The zero-order chi connectivity index (χ0) is 16.4. The van der Waals surface area contributed by atoms with Gasteiger partial charge in [0, 0.05) is 60.7 Å². The quantitative estimate of drug-likeness (QED) is 0.773. The first-order chi connectivity index (χ1) is 11.9. The first-order valence-corrected chi connectivity index (χ1v) is 8.56. The normalized spacial score (nSPS) is 18.2. The maximum Gasteiger partial charge on any atom is 0.139 e. The van der Waals surface area contributed by atoms with E-state index in [9.17, 15) is 0 Å². The number of piperidine rings is 1. The van der Waals surface area contributed by atoms with Crippen LogP contribution in [0.1, 0.15) is 19.8 Å². The van der Waals surface area contributed by atoms with Crippen LogP contribution in [0.15, 0.2) is 37.2 Å². The maximum atomic E-state index is 4.50. The lowest BCUT2D eigenvalue weighted by molar-refractivity contribution is 0.432. The molecule has 0 spiro atoms. The molecule has 0 radical (unpaired) electrons. The van der Waals surface area contributed by atoms with E-state index >= 15 is 0 Å². The molecule has 0 aliphatic carbocycles. The third kappa shape index (κ3) is 2.73. The van der Waals surface area contributed by atoms with E-state index in [1.807, 2.05) is 24.8 Å². The predicted octanol–water partition coefficient (Wildman–Crippen LogP) is 2.60. The SMILES string of the molecule is CCN[C@@H]1CCCN(c2ccnc3[nH]cc(-c4cncnc4)c23)C1. The molecule has 1 atom stereocenters. The Morgan fingerprint density at radius 2 is 2.21 bits per heavy atom. The predicted molar refractivity (Wildman–Crippen MR) is 96.0 cm³/mol. The number of hydrogen-bond acceptors (Lipinski definition) is 5. The highest BCUT2D eigenvalue weighted by Crippen LogP contribution is 2.35. The Balaban J connectivity index is 1.77. The molecule has 6 nitrogen and oxygen atoms in total. The lowest BCUT2D eigenvalue weighted by Crippen LogP contribution is -2.45. The first-order valence-electron chi connectivity index (χ1n) is 8.56. The molecular formula is C18H22N6. The van der Waals surface area contributed by atoms with Crippen molar-refractivity contribution in [2.45, 2.75) is 25.8 Å². The van der Waals surface area contributed by atoms with Gasteiger partial charge in [0.1, 0.15) is 12.0 Å². The van der Waals surface area contributed by atoms with Gasteiger partial charge in [-0.05, 0) is 25.5 Å². The molecule has 3 aromatic rings. The monoisotopic (exact) mass is 322 g/mol. The molecule has 3 aromatic heterocycles. The van der Waals surface area contributed by atoms with Gasteiger partial charge in [-0.15, -0.1) is 0 Å². The highest BCUT2D eigenvalue weighted by atomic mass is 15.2. The van der Waals surface area contributed by atoms with Crippen LogP contribution in [-0.2, 0) is 0 Å². The maximum absolute atomic E-state index is 4.50. The van der Waals surface area contributed by atoms with Gasteiger partial charge in [-0.25, -0.2) is 15.0 Å². The fraction of sp³-hybridized carbons (Fsp3) is 0.389. The Bertz CT molecular complexity index is 811. The summed E-state index contributed by atoms with van der Waals surface area (Å²) in [5, 5.41) is 4.74. The number of aromatic nitrogens is 4. The highest BCUT2D eigenvalue weighted by Gasteiger charge is 2.22. The smallest absolute Gasteiger partial charge is 0.139 e. The number of anilines is 1. The van der Waals surface area contributed by atoms with Gasteiger partial charge in [0.05, 0.1) is 5.39 Å². The Labute approximate surface area is 141 Å². The van der Waals surface area contributed by atoms with E-state index in [0.717, 1.165) is 41.8 Å². The lowest BCUT2D eigenvalue weighted by Gasteiger charge is -2.35. The van der Waals surface area contributed by atoms with Crippen LogP contribution < -0.4 is 10.2 Å². The van der Waals surface area contributed by atoms with Crippen LogP contribution in [0.5, 0.6) is 0 Å². The van der Waals surface area contributed by atoms with Crippen LogP contribution in [-0.4, -0.2) is 45.6 Å². The summed E-state index contributed by atoms with van der Waals surface area (Å²) in [4.78, 5) is 18.6. The largest absolute Gasteiger partial charge is 0.369 e. The minimum absolute atomic E-state index is 0.550. The van der Waals surface area contributed by atoms with Crippen LogP contribution in [0.25, 0.3) is 22.2 Å². The van der Waals surface area contributed by atoms with E-state index in [-0.39, 0.29) is 0 Å². The van der Waals surface area contributed by atoms with Gasteiger partial charge in [0.15, 0.2) is 0 Å². The average molecular weight is 322 g/mol. The van der Waals surface area contributed by atoms with Crippen LogP contribution >= 0.6 is 0 Å². The summed E-state index contributed by atoms with van der Waals surface area (Å²) in [6.07, 6.45) is 11.6. The van der Waals surface area contributed by atoms with Crippen LogP contribution in [0.3, 0.4) is 0 Å². The van der Waals surface area contributed by atoms with E-state index in [1.54, 1.807) is 6.33 Å². The second-order valence-corrected chi connectivity index (χ2v) is 6.23. The third-order valence-corrected chi connectivity index (χ3v) is 4.68. The van der Waals surface area contributed by atoms with E-state index in [1.165, 1.54) is 18.5 Å². The lowest BCUT2D eigenvalue weighted by atomic mass is 10.0. The fourth-order valence-corrected chi connectivity index (χ4v) is 3.62. The molecule has 6 heteroatoms. The molecule has 1 fully saturated rings. The molecule has 1 saturated heterocycles. The fourth-order valence-electron chi connectivity index (χ4n) is 3.62. The molecule has 4 heterocycles. The minimum atomic E-state index is 0.550. The van der Waals surface area contributed by atoms with Crippen LogP contribution in [0.4, 0.5) is 5.69 Å². The van der Waals surface area contributed by atoms with Crippen molar-refractivity contribution in [2.75, 3.05) is 24.5 Å². The average Bonchev–Trinajstić information content (AvgIpc) is 3.07. The second kappa shape index (κ2) is 6.57. The van der Waals surface area contributed by atoms with Crippen LogP contribution in [0.2, 0.25) is 0 Å². The van der Waals surface area contributed by atoms with Gasteiger partial charge in [0.2, 0.25) is 0 Å². The van der Waals surface area contributed by atoms with E-state index < -0.39 is 0 Å². The number of H-pyrrole nitrogens is 1. The van der Waals surface area contributed by atoms with E-state index in [2.05, 4.69) is 43.1 Å². The second-order valence-electron chi connectivity index (χ2n) is 6.23. The van der Waals surface area contributed by atoms with Crippen molar-refractivity contribution in [1.82, 2.24) is 25.3 Å². The molecule has 0 saturated carbocycles. The van der Waals surface area contributed by atoms with Crippen LogP contribution in [0, 0.1) is 0 Å². The summed E-state index contributed by atoms with van der Waals surface area (Å²) in [7, 11) is 0. The molecule has 124 valence electrons. The molecule has 24 heavy (non-hydrogen) atoms. The number of rotatable bonds is 4. The number of fused-ring (bicyclic) bond motifs is 1. The van der Waals surface area contributed by atoms with Crippen molar-refractivity contribution in [3.05, 3.63) is 37.2 Å². The number of likely N-dealkylation sites (N-methyl/N-ethyl adjacent to an activating group) is 1. The third-order valence-electron chi connectivity index (χ3n) is 4.68. The van der Waals surface area contributed by atoms with Gasteiger partial charge in [-0.2, -0.15) is 0 Å². The molecule has 0 unspecified atom stereocenters. The number of nitrogens with one attached hydrogen (secondary N) is 2. The van der Waals surface area contributed by atoms with Crippen molar-refractivity contribution >= 4 is 16.7 Å². The van der Waals surface area contributed by atoms with Crippen molar-refractivity contribution in [3.8, 4) is 11.1 Å². The Morgan fingerprint density at radius 3 is 3.04 bits per heavy atom. The molecule has 0 aromatic carbocycles. The summed E-state index contributed by atoms with van der Waals surface area (Å²) < 4.78 is 0. The van der Waals surface area contributed by atoms with E-state index in [4.69, 9.17) is 0 Å². The minimum Gasteiger partial charge on any atom is -0.369 e. The Morgan fingerprint density at radius 1 is 1.33 bits per heavy atom. The molecule has 1 aliphatic rings. The first kappa shape index (κ1) is 15.1. The van der Waals surface area contributed by atoms with Crippen molar-refractivity contribution in [2.24, 2.45) is 0 Å². The van der Waals surface area contributed by atoms with Gasteiger partial charge < -0.3 is 15.2 Å². The summed E-state index contributed by atoms with van der Waals surface area (Å²) in [6, 6.07) is 2.67. The number of aromatic amines is 1. The highest BCUT2D eigenvalue weighted by molar-refractivity contribution is 6.02. The molecule has 0 bridgehead atoms. The van der Waals surface area contributed by atoms with Gasteiger partial charge in [-0.1, -0.05) is 6.92 Å². The standard InChI is InChI=1S/C18H22N6/c1-2-21-14-4-3-7-24(11-14)16-5-6-22-18-17(16)15(10-23-18)13-8-19-12-20-9-13/h5-6,8-10,12,14,21H,2-4,7,11H2,1H3,(H,22,23)/t14-/m1/s1.